The fourth-order valence-electron chi connectivity index (χ4n) is 3.32. The fourth-order valence-corrected chi connectivity index (χ4v) is 3.51. The number of likely N-dealkylation sites (N-methyl/N-ethyl adjacent to an activating group) is 1. The molecule has 138 valence electrons. The highest BCUT2D eigenvalue weighted by atomic mass is 35.5. The van der Waals surface area contributed by atoms with Crippen LogP contribution in [0.15, 0.2) is 29.3 Å². The van der Waals surface area contributed by atoms with E-state index in [1.807, 2.05) is 19.1 Å². The summed E-state index contributed by atoms with van der Waals surface area (Å²) in [6.07, 6.45) is 4.72. The van der Waals surface area contributed by atoms with Gasteiger partial charge in [-0.3, -0.25) is 4.79 Å². The average Bonchev–Trinajstić information content (AvgIpc) is 3.07. The quantitative estimate of drug-likeness (QED) is 0.602. The van der Waals surface area contributed by atoms with Crippen molar-refractivity contribution >= 4 is 23.5 Å². The van der Waals surface area contributed by atoms with Crippen LogP contribution in [-0.2, 0) is 10.2 Å². The molecule has 1 aliphatic rings. The molecule has 0 aromatic heterocycles. The van der Waals surface area contributed by atoms with Crippen LogP contribution in [0.1, 0.15) is 38.2 Å². The Morgan fingerprint density at radius 3 is 2.60 bits per heavy atom. The van der Waals surface area contributed by atoms with Crippen LogP contribution < -0.4 is 10.6 Å². The Kier molecular flexibility index (Phi) is 7.12. The van der Waals surface area contributed by atoms with Crippen molar-refractivity contribution in [3.8, 4) is 0 Å². The maximum Gasteiger partial charge on any atom is 0.243 e. The zero-order valence-corrected chi connectivity index (χ0v) is 16.2. The third-order valence-electron chi connectivity index (χ3n) is 4.81. The third-order valence-corrected chi connectivity index (χ3v) is 5.04. The smallest absolute Gasteiger partial charge is 0.243 e. The van der Waals surface area contributed by atoms with E-state index in [4.69, 9.17) is 11.6 Å². The monoisotopic (exact) mass is 364 g/mol. The molecule has 2 N–H and O–H groups in total. The van der Waals surface area contributed by atoms with E-state index >= 15 is 0 Å². The number of carbonyl (C=O) groups excluding carboxylic acids is 1. The van der Waals surface area contributed by atoms with Crippen LogP contribution in [0.5, 0.6) is 0 Å². The Balaban J connectivity index is 2.10. The standard InChI is InChI=1S/C19H29ClN4O/c1-4-21-18(22-13-17(25)24(2)3)23-14-19(10-5-6-11-19)15-8-7-9-16(20)12-15/h7-9,12H,4-6,10-11,13-14H2,1-3H3,(H2,21,22,23). The number of halogens is 1. The molecule has 1 fully saturated rings. The van der Waals surface area contributed by atoms with Crippen molar-refractivity contribution in [3.05, 3.63) is 34.9 Å². The first kappa shape index (κ1) is 19.6. The van der Waals surface area contributed by atoms with E-state index < -0.39 is 0 Å². The molecule has 0 saturated heterocycles. The molecule has 1 amide bonds. The van der Waals surface area contributed by atoms with Gasteiger partial charge in [0.25, 0.3) is 0 Å². The Morgan fingerprint density at radius 2 is 2.00 bits per heavy atom. The number of nitrogens with zero attached hydrogens (tertiary/aromatic N) is 2. The van der Waals surface area contributed by atoms with Crippen LogP contribution in [0.25, 0.3) is 0 Å². The van der Waals surface area contributed by atoms with E-state index in [1.54, 1.807) is 19.0 Å². The van der Waals surface area contributed by atoms with Crippen LogP contribution in [-0.4, -0.2) is 50.5 Å². The Morgan fingerprint density at radius 1 is 1.28 bits per heavy atom. The number of hydrogen-bond donors (Lipinski definition) is 2. The van der Waals surface area contributed by atoms with Gasteiger partial charge in [-0.15, -0.1) is 0 Å². The molecule has 0 spiro atoms. The molecule has 0 unspecified atom stereocenters. The Bertz CT molecular complexity index is 609. The predicted molar refractivity (Wildman–Crippen MR) is 104 cm³/mol. The summed E-state index contributed by atoms with van der Waals surface area (Å²) in [6.45, 7) is 3.71. The van der Waals surface area contributed by atoms with E-state index in [2.05, 4.69) is 27.8 Å². The first-order valence-electron chi connectivity index (χ1n) is 8.95. The van der Waals surface area contributed by atoms with Gasteiger partial charge in [-0.1, -0.05) is 36.6 Å². The van der Waals surface area contributed by atoms with E-state index in [0.717, 1.165) is 31.0 Å². The van der Waals surface area contributed by atoms with E-state index in [1.165, 1.54) is 18.4 Å². The second kappa shape index (κ2) is 9.09. The van der Waals surface area contributed by atoms with Gasteiger partial charge in [0, 0.05) is 37.6 Å². The van der Waals surface area contributed by atoms with E-state index in [-0.39, 0.29) is 17.9 Å². The summed E-state index contributed by atoms with van der Waals surface area (Å²) >= 11 is 6.21. The van der Waals surface area contributed by atoms with Gasteiger partial charge in [0.1, 0.15) is 6.54 Å². The molecule has 5 nitrogen and oxygen atoms in total. The highest BCUT2D eigenvalue weighted by Gasteiger charge is 2.35. The second-order valence-corrected chi connectivity index (χ2v) is 7.27. The van der Waals surface area contributed by atoms with Gasteiger partial charge in [0.2, 0.25) is 5.91 Å². The van der Waals surface area contributed by atoms with Gasteiger partial charge in [-0.05, 0) is 37.5 Å². The number of guanidine groups is 1. The predicted octanol–water partition coefficient (Wildman–Crippen LogP) is 2.80. The molecule has 0 radical (unpaired) electrons. The summed E-state index contributed by atoms with van der Waals surface area (Å²) in [5.74, 6) is 0.675. The lowest BCUT2D eigenvalue weighted by Crippen LogP contribution is -2.45. The summed E-state index contributed by atoms with van der Waals surface area (Å²) in [6, 6.07) is 8.18. The summed E-state index contributed by atoms with van der Waals surface area (Å²) in [7, 11) is 3.48. The molecule has 6 heteroatoms. The number of benzene rings is 1. The van der Waals surface area contributed by atoms with Crippen LogP contribution >= 0.6 is 11.6 Å². The lowest BCUT2D eigenvalue weighted by Gasteiger charge is -2.31. The van der Waals surface area contributed by atoms with Gasteiger partial charge in [-0.25, -0.2) is 4.99 Å². The number of aliphatic imine (C=N–C) groups is 1. The van der Waals surface area contributed by atoms with Crippen molar-refractivity contribution in [3.63, 3.8) is 0 Å². The average molecular weight is 365 g/mol. The van der Waals surface area contributed by atoms with Crippen molar-refractivity contribution in [2.24, 2.45) is 4.99 Å². The summed E-state index contributed by atoms with van der Waals surface area (Å²) in [5.41, 5.74) is 1.36. The van der Waals surface area contributed by atoms with Gasteiger partial charge in [0.05, 0.1) is 0 Å². The molecule has 2 rings (SSSR count). The SMILES string of the molecule is CCNC(=NCC(=O)N(C)C)NCC1(c2cccc(Cl)c2)CCCC1. The molecular formula is C19H29ClN4O. The van der Waals surface area contributed by atoms with Crippen molar-refractivity contribution in [2.75, 3.05) is 33.7 Å². The topological polar surface area (TPSA) is 56.7 Å². The minimum absolute atomic E-state index is 0.0115. The van der Waals surface area contributed by atoms with E-state index in [0.29, 0.717) is 5.96 Å². The zero-order chi connectivity index (χ0) is 18.3. The first-order chi connectivity index (χ1) is 12.0. The van der Waals surface area contributed by atoms with Crippen LogP contribution in [0.4, 0.5) is 0 Å². The third kappa shape index (κ3) is 5.36. The van der Waals surface area contributed by atoms with Crippen LogP contribution in [0.3, 0.4) is 0 Å². The molecule has 0 bridgehead atoms. The number of hydrogen-bond acceptors (Lipinski definition) is 2. The molecular weight excluding hydrogens is 336 g/mol. The van der Waals surface area contributed by atoms with E-state index in [9.17, 15) is 4.79 Å². The second-order valence-electron chi connectivity index (χ2n) is 6.83. The number of nitrogens with one attached hydrogen (secondary N) is 2. The van der Waals surface area contributed by atoms with Gasteiger partial charge >= 0.3 is 0 Å². The number of rotatable bonds is 6. The maximum atomic E-state index is 11.8. The molecule has 0 aliphatic heterocycles. The van der Waals surface area contributed by atoms with Gasteiger partial charge in [0.15, 0.2) is 5.96 Å². The lowest BCUT2D eigenvalue weighted by atomic mass is 9.79. The molecule has 25 heavy (non-hydrogen) atoms. The lowest BCUT2D eigenvalue weighted by molar-refractivity contribution is -0.127. The van der Waals surface area contributed by atoms with Crippen LogP contribution in [0, 0.1) is 0 Å². The Labute approximate surface area is 155 Å². The van der Waals surface area contributed by atoms with Crippen molar-refractivity contribution in [1.82, 2.24) is 15.5 Å². The fraction of sp³-hybridized carbons (Fsp3) is 0.579. The zero-order valence-electron chi connectivity index (χ0n) is 15.4. The van der Waals surface area contributed by atoms with Gasteiger partial charge in [-0.2, -0.15) is 0 Å². The van der Waals surface area contributed by atoms with Crippen LogP contribution in [0.2, 0.25) is 5.02 Å². The van der Waals surface area contributed by atoms with Gasteiger partial charge < -0.3 is 15.5 Å². The molecule has 0 atom stereocenters. The number of carbonyl (C=O) groups is 1. The number of amides is 1. The first-order valence-corrected chi connectivity index (χ1v) is 9.33. The Hall–Kier alpha value is -1.75. The maximum absolute atomic E-state index is 11.8. The molecule has 0 heterocycles. The summed E-state index contributed by atoms with van der Waals surface area (Å²) < 4.78 is 0. The summed E-state index contributed by atoms with van der Waals surface area (Å²) in [5, 5.41) is 7.44. The molecule has 1 aliphatic carbocycles. The molecule has 1 saturated carbocycles. The van der Waals surface area contributed by atoms with Crippen molar-refractivity contribution in [1.29, 1.82) is 0 Å². The highest BCUT2D eigenvalue weighted by Crippen LogP contribution is 2.41. The minimum atomic E-state index is -0.0115. The summed E-state index contributed by atoms with van der Waals surface area (Å²) in [4.78, 5) is 17.8. The minimum Gasteiger partial charge on any atom is -0.357 e. The molecule has 1 aromatic rings. The highest BCUT2D eigenvalue weighted by molar-refractivity contribution is 6.30. The van der Waals surface area contributed by atoms with Crippen molar-refractivity contribution < 1.29 is 4.79 Å². The largest absolute Gasteiger partial charge is 0.357 e. The molecule has 1 aromatic carbocycles. The normalized spacial score (nSPS) is 16.6. The van der Waals surface area contributed by atoms with Crippen molar-refractivity contribution in [2.45, 2.75) is 38.0 Å².